The summed E-state index contributed by atoms with van der Waals surface area (Å²) in [6.45, 7) is 0. The summed E-state index contributed by atoms with van der Waals surface area (Å²) in [5.74, 6) is -1.90. The second kappa shape index (κ2) is 5.96. The molecule has 0 radical (unpaired) electrons. The molecule has 6 nitrogen and oxygen atoms in total. The van der Waals surface area contributed by atoms with E-state index in [-0.39, 0.29) is 23.6 Å². The summed E-state index contributed by atoms with van der Waals surface area (Å²) in [5, 5.41) is 20.9. The van der Waals surface area contributed by atoms with Crippen molar-refractivity contribution in [2.24, 2.45) is 0 Å². The van der Waals surface area contributed by atoms with Crippen LogP contribution in [0.5, 0.6) is 5.75 Å². The molecule has 108 valence electrons. The summed E-state index contributed by atoms with van der Waals surface area (Å²) in [6.07, 6.45) is 0.142. The fourth-order valence-corrected chi connectivity index (χ4v) is 1.81. The number of nitrogens with one attached hydrogen (secondary N) is 1. The van der Waals surface area contributed by atoms with Crippen LogP contribution in [0.3, 0.4) is 0 Å². The molecule has 6 heteroatoms. The van der Waals surface area contributed by atoms with Crippen LogP contribution >= 0.6 is 0 Å². The summed E-state index contributed by atoms with van der Waals surface area (Å²) in [7, 11) is 0. The molecular formula is C15H14N2O4. The van der Waals surface area contributed by atoms with Crippen LogP contribution in [0.4, 0.5) is 11.4 Å². The number of rotatable bonds is 4. The Morgan fingerprint density at radius 1 is 1.10 bits per heavy atom. The average Bonchev–Trinajstić information content (AvgIpc) is 2.43. The number of aromatic carboxylic acids is 1. The summed E-state index contributed by atoms with van der Waals surface area (Å²) in [4.78, 5) is 22.8. The van der Waals surface area contributed by atoms with Gasteiger partial charge in [0.25, 0.3) is 0 Å². The molecule has 0 aromatic heterocycles. The molecule has 0 unspecified atom stereocenters. The van der Waals surface area contributed by atoms with E-state index in [1.807, 2.05) is 0 Å². The number of phenols is 1. The monoisotopic (exact) mass is 286 g/mol. The fraction of sp³-hybridized carbons (Fsp3) is 0.0667. The van der Waals surface area contributed by atoms with Gasteiger partial charge in [0.2, 0.25) is 5.91 Å². The number of carboxylic acids is 1. The van der Waals surface area contributed by atoms with Gasteiger partial charge in [-0.3, -0.25) is 4.79 Å². The Bertz CT molecular complexity index is 681. The Kier molecular flexibility index (Phi) is 4.08. The van der Waals surface area contributed by atoms with Crippen LogP contribution in [0.15, 0.2) is 42.5 Å². The molecular weight excluding hydrogens is 272 g/mol. The second-order valence-corrected chi connectivity index (χ2v) is 4.50. The molecule has 1 amide bonds. The quantitative estimate of drug-likeness (QED) is 0.506. The third-order valence-corrected chi connectivity index (χ3v) is 2.86. The van der Waals surface area contributed by atoms with Crippen LogP contribution in [0, 0.1) is 0 Å². The van der Waals surface area contributed by atoms with Crippen molar-refractivity contribution in [3.05, 3.63) is 53.6 Å². The zero-order valence-electron chi connectivity index (χ0n) is 11.0. The van der Waals surface area contributed by atoms with E-state index in [2.05, 4.69) is 5.32 Å². The maximum atomic E-state index is 11.9. The van der Waals surface area contributed by atoms with Crippen molar-refractivity contribution >= 4 is 23.3 Å². The first-order chi connectivity index (χ1) is 9.95. The SMILES string of the molecule is Nc1ccc(CC(=O)Nc2ccc(O)c(C(=O)O)c2)cc1. The predicted octanol–water partition coefficient (Wildman–Crippen LogP) is 1.85. The van der Waals surface area contributed by atoms with Crippen molar-refractivity contribution in [2.75, 3.05) is 11.1 Å². The highest BCUT2D eigenvalue weighted by atomic mass is 16.4. The first-order valence-corrected chi connectivity index (χ1v) is 6.16. The van der Waals surface area contributed by atoms with Gasteiger partial charge in [0.1, 0.15) is 11.3 Å². The van der Waals surface area contributed by atoms with Crippen LogP contribution in [-0.4, -0.2) is 22.1 Å². The first kappa shape index (κ1) is 14.4. The van der Waals surface area contributed by atoms with Crippen molar-refractivity contribution in [1.29, 1.82) is 0 Å². The van der Waals surface area contributed by atoms with Crippen molar-refractivity contribution in [2.45, 2.75) is 6.42 Å². The molecule has 0 atom stereocenters. The van der Waals surface area contributed by atoms with Crippen molar-refractivity contribution in [3.63, 3.8) is 0 Å². The number of anilines is 2. The molecule has 2 aromatic rings. The normalized spacial score (nSPS) is 10.1. The predicted molar refractivity (Wildman–Crippen MR) is 78.3 cm³/mol. The van der Waals surface area contributed by atoms with Crippen molar-refractivity contribution in [1.82, 2.24) is 0 Å². The summed E-state index contributed by atoms with van der Waals surface area (Å²) >= 11 is 0. The number of amides is 1. The first-order valence-electron chi connectivity index (χ1n) is 6.16. The molecule has 0 fully saturated rings. The molecule has 0 aliphatic rings. The number of nitrogens with two attached hydrogens (primary N) is 1. The largest absolute Gasteiger partial charge is 0.507 e. The van der Waals surface area contributed by atoms with Gasteiger partial charge >= 0.3 is 5.97 Å². The van der Waals surface area contributed by atoms with Gasteiger partial charge in [-0.2, -0.15) is 0 Å². The highest BCUT2D eigenvalue weighted by Crippen LogP contribution is 2.21. The lowest BCUT2D eigenvalue weighted by Gasteiger charge is -2.07. The maximum Gasteiger partial charge on any atom is 0.339 e. The second-order valence-electron chi connectivity index (χ2n) is 4.50. The Labute approximate surface area is 120 Å². The van der Waals surface area contributed by atoms with Gasteiger partial charge in [0.15, 0.2) is 0 Å². The third kappa shape index (κ3) is 3.73. The Balaban J connectivity index is 2.07. The minimum atomic E-state index is -1.26. The maximum absolute atomic E-state index is 11.9. The fourth-order valence-electron chi connectivity index (χ4n) is 1.81. The topological polar surface area (TPSA) is 113 Å². The van der Waals surface area contributed by atoms with Crippen LogP contribution < -0.4 is 11.1 Å². The third-order valence-electron chi connectivity index (χ3n) is 2.86. The molecule has 0 aliphatic heterocycles. The van der Waals surface area contributed by atoms with E-state index in [9.17, 15) is 14.7 Å². The summed E-state index contributed by atoms with van der Waals surface area (Å²) in [5.41, 5.74) is 7.01. The number of hydrogen-bond acceptors (Lipinski definition) is 4. The number of carbonyl (C=O) groups is 2. The van der Waals surface area contributed by atoms with Gasteiger partial charge in [-0.05, 0) is 35.9 Å². The van der Waals surface area contributed by atoms with Gasteiger partial charge in [-0.15, -0.1) is 0 Å². The van der Waals surface area contributed by atoms with Crippen LogP contribution in [0.2, 0.25) is 0 Å². The molecule has 0 bridgehead atoms. The Morgan fingerprint density at radius 3 is 2.38 bits per heavy atom. The lowest BCUT2D eigenvalue weighted by Crippen LogP contribution is -2.14. The van der Waals surface area contributed by atoms with Gasteiger partial charge in [-0.1, -0.05) is 12.1 Å². The molecule has 0 spiro atoms. The molecule has 21 heavy (non-hydrogen) atoms. The van der Waals surface area contributed by atoms with Crippen LogP contribution in [-0.2, 0) is 11.2 Å². The van der Waals surface area contributed by atoms with Gasteiger partial charge in [0.05, 0.1) is 6.42 Å². The van der Waals surface area contributed by atoms with E-state index in [1.165, 1.54) is 18.2 Å². The van der Waals surface area contributed by atoms with Gasteiger partial charge in [0, 0.05) is 11.4 Å². The average molecular weight is 286 g/mol. The van der Waals surface area contributed by atoms with Gasteiger partial charge in [-0.25, -0.2) is 4.79 Å². The number of nitrogen functional groups attached to an aromatic ring is 1. The molecule has 2 aromatic carbocycles. The lowest BCUT2D eigenvalue weighted by atomic mass is 10.1. The molecule has 5 N–H and O–H groups in total. The molecule has 0 heterocycles. The number of benzene rings is 2. The van der Waals surface area contributed by atoms with Crippen LogP contribution in [0.1, 0.15) is 15.9 Å². The molecule has 0 saturated heterocycles. The lowest BCUT2D eigenvalue weighted by molar-refractivity contribution is -0.115. The summed E-state index contributed by atoms with van der Waals surface area (Å²) < 4.78 is 0. The van der Waals surface area contributed by atoms with E-state index < -0.39 is 5.97 Å². The molecule has 0 saturated carbocycles. The van der Waals surface area contributed by atoms with E-state index >= 15 is 0 Å². The number of aromatic hydroxyl groups is 1. The minimum absolute atomic E-state index is 0.142. The molecule has 2 rings (SSSR count). The highest BCUT2D eigenvalue weighted by Gasteiger charge is 2.11. The zero-order chi connectivity index (χ0) is 15.4. The van der Waals surface area contributed by atoms with E-state index in [1.54, 1.807) is 24.3 Å². The standard InChI is InChI=1S/C15H14N2O4/c16-10-3-1-9(2-4-10)7-14(19)17-11-5-6-13(18)12(8-11)15(20)21/h1-6,8,18H,7,16H2,(H,17,19)(H,20,21). The number of carbonyl (C=O) groups excluding carboxylic acids is 1. The van der Waals surface area contributed by atoms with Gasteiger partial charge < -0.3 is 21.3 Å². The van der Waals surface area contributed by atoms with E-state index in [4.69, 9.17) is 10.8 Å². The smallest absolute Gasteiger partial charge is 0.339 e. The summed E-state index contributed by atoms with van der Waals surface area (Å²) in [6, 6.07) is 10.8. The van der Waals surface area contributed by atoms with Crippen molar-refractivity contribution in [3.8, 4) is 5.75 Å². The van der Waals surface area contributed by atoms with Crippen molar-refractivity contribution < 1.29 is 19.8 Å². The minimum Gasteiger partial charge on any atom is -0.507 e. The van der Waals surface area contributed by atoms with E-state index in [0.29, 0.717) is 11.4 Å². The Morgan fingerprint density at radius 2 is 1.76 bits per heavy atom. The highest BCUT2D eigenvalue weighted by molar-refractivity contribution is 5.96. The Hall–Kier alpha value is -3.02. The zero-order valence-corrected chi connectivity index (χ0v) is 11.0. The number of hydrogen-bond donors (Lipinski definition) is 4. The molecule has 0 aliphatic carbocycles. The van der Waals surface area contributed by atoms with Crippen LogP contribution in [0.25, 0.3) is 0 Å². The number of carboxylic acid groups (broad SMARTS) is 1. The van der Waals surface area contributed by atoms with E-state index in [0.717, 1.165) is 5.56 Å².